The third-order valence-corrected chi connectivity index (χ3v) is 4.17. The summed E-state index contributed by atoms with van der Waals surface area (Å²) in [4.78, 5) is 14.4. The van der Waals surface area contributed by atoms with Crippen LogP contribution >= 0.6 is 0 Å². The Morgan fingerprint density at radius 2 is 1.87 bits per heavy atom. The van der Waals surface area contributed by atoms with Gasteiger partial charge in [-0.25, -0.2) is 0 Å². The predicted octanol–water partition coefficient (Wildman–Crippen LogP) is 2.54. The number of nitrogens with one attached hydrogen (secondary N) is 1. The van der Waals surface area contributed by atoms with Gasteiger partial charge in [-0.3, -0.25) is 9.69 Å². The van der Waals surface area contributed by atoms with Gasteiger partial charge in [0.1, 0.15) is 0 Å². The van der Waals surface area contributed by atoms with E-state index in [9.17, 15) is 4.79 Å². The molecule has 0 aliphatic carbocycles. The molecule has 0 bridgehead atoms. The van der Waals surface area contributed by atoms with E-state index in [1.807, 2.05) is 26.8 Å². The molecule has 0 saturated carbocycles. The zero-order valence-corrected chi connectivity index (χ0v) is 15.0. The second kappa shape index (κ2) is 6.79. The second-order valence-electron chi connectivity index (χ2n) is 7.10. The summed E-state index contributed by atoms with van der Waals surface area (Å²) in [6.45, 7) is 9.40. The maximum absolute atomic E-state index is 12.2. The van der Waals surface area contributed by atoms with Crippen molar-refractivity contribution >= 4 is 5.91 Å². The third kappa shape index (κ3) is 4.16. The zero-order chi connectivity index (χ0) is 17.2. The largest absolute Gasteiger partial charge is 0.493 e. The van der Waals surface area contributed by atoms with Gasteiger partial charge in [0.05, 0.1) is 20.8 Å². The van der Waals surface area contributed by atoms with E-state index in [0.717, 1.165) is 24.5 Å². The number of ether oxygens (including phenoxy) is 2. The van der Waals surface area contributed by atoms with Crippen LogP contribution in [0.5, 0.6) is 11.5 Å². The number of carbonyl (C=O) groups excluding carboxylic acids is 1. The fourth-order valence-electron chi connectivity index (χ4n) is 3.05. The molecule has 0 fully saturated rings. The number of hydrogen-bond donors (Lipinski definition) is 1. The molecule has 5 heteroatoms. The van der Waals surface area contributed by atoms with E-state index < -0.39 is 0 Å². The molecule has 1 atom stereocenters. The summed E-state index contributed by atoms with van der Waals surface area (Å²) in [6.07, 6.45) is 0.906. The van der Waals surface area contributed by atoms with Gasteiger partial charge in [-0.1, -0.05) is 0 Å². The quantitative estimate of drug-likeness (QED) is 0.926. The summed E-state index contributed by atoms with van der Waals surface area (Å²) >= 11 is 0. The Labute approximate surface area is 139 Å². The monoisotopic (exact) mass is 320 g/mol. The molecule has 5 nitrogen and oxygen atoms in total. The molecule has 1 aromatic rings. The van der Waals surface area contributed by atoms with Crippen molar-refractivity contribution in [2.75, 3.05) is 27.3 Å². The summed E-state index contributed by atoms with van der Waals surface area (Å²) in [5.41, 5.74) is 2.27. The Balaban J connectivity index is 2.17. The summed E-state index contributed by atoms with van der Waals surface area (Å²) in [7, 11) is 3.30. The Morgan fingerprint density at radius 3 is 2.43 bits per heavy atom. The lowest BCUT2D eigenvalue weighted by molar-refractivity contribution is -0.124. The van der Waals surface area contributed by atoms with Crippen LogP contribution in [0, 0.1) is 0 Å². The molecule has 0 saturated heterocycles. The Kier molecular flexibility index (Phi) is 5.19. The Morgan fingerprint density at radius 1 is 1.26 bits per heavy atom. The van der Waals surface area contributed by atoms with Gasteiger partial charge < -0.3 is 14.8 Å². The highest BCUT2D eigenvalue weighted by molar-refractivity contribution is 5.78. The first-order valence-corrected chi connectivity index (χ1v) is 8.05. The molecular formula is C18H28N2O3. The normalized spacial score (nSPS) is 18.3. The molecule has 128 valence electrons. The van der Waals surface area contributed by atoms with E-state index in [2.05, 4.69) is 23.2 Å². The average Bonchev–Trinajstić information content (AvgIpc) is 2.47. The average molecular weight is 320 g/mol. The predicted molar refractivity (Wildman–Crippen MR) is 91.1 cm³/mol. The van der Waals surface area contributed by atoms with Crippen molar-refractivity contribution in [1.82, 2.24) is 10.2 Å². The van der Waals surface area contributed by atoms with Gasteiger partial charge in [0.15, 0.2) is 11.5 Å². The minimum Gasteiger partial charge on any atom is -0.493 e. The number of methoxy groups -OCH3 is 2. The first-order valence-electron chi connectivity index (χ1n) is 8.05. The molecule has 0 aromatic heterocycles. The van der Waals surface area contributed by atoms with Crippen molar-refractivity contribution < 1.29 is 14.3 Å². The van der Waals surface area contributed by atoms with Crippen molar-refractivity contribution in [3.05, 3.63) is 23.3 Å². The SMILES string of the molecule is COc1cc2c(cc1OC)[C@@H](C)N(CC(=O)NC(C)(C)C)CC2. The fourth-order valence-corrected chi connectivity index (χ4v) is 3.05. The first-order chi connectivity index (χ1) is 10.7. The van der Waals surface area contributed by atoms with Crippen molar-refractivity contribution in [3.63, 3.8) is 0 Å². The molecule has 0 radical (unpaired) electrons. The Bertz CT molecular complexity index is 578. The highest BCUT2D eigenvalue weighted by atomic mass is 16.5. The van der Waals surface area contributed by atoms with E-state index in [1.165, 1.54) is 11.1 Å². The maximum atomic E-state index is 12.2. The van der Waals surface area contributed by atoms with E-state index >= 15 is 0 Å². The summed E-state index contributed by atoms with van der Waals surface area (Å²) in [6, 6.07) is 4.26. The van der Waals surface area contributed by atoms with Crippen LogP contribution in [0.25, 0.3) is 0 Å². The lowest BCUT2D eigenvalue weighted by Crippen LogP contribution is -2.47. The van der Waals surface area contributed by atoms with Crippen LogP contribution in [-0.2, 0) is 11.2 Å². The van der Waals surface area contributed by atoms with Gasteiger partial charge in [0.2, 0.25) is 5.91 Å². The topological polar surface area (TPSA) is 50.8 Å². The number of rotatable bonds is 4. The van der Waals surface area contributed by atoms with Crippen LogP contribution in [0.2, 0.25) is 0 Å². The lowest BCUT2D eigenvalue weighted by atomic mass is 9.92. The summed E-state index contributed by atoms with van der Waals surface area (Å²) in [5.74, 6) is 1.56. The second-order valence-corrected chi connectivity index (χ2v) is 7.10. The number of carbonyl (C=O) groups is 1. The van der Waals surface area contributed by atoms with Crippen molar-refractivity contribution in [1.29, 1.82) is 0 Å². The van der Waals surface area contributed by atoms with Crippen molar-refractivity contribution in [2.45, 2.75) is 45.7 Å². The fraction of sp³-hybridized carbons (Fsp3) is 0.611. The van der Waals surface area contributed by atoms with Crippen molar-refractivity contribution in [2.24, 2.45) is 0 Å². The van der Waals surface area contributed by atoms with E-state index in [4.69, 9.17) is 9.47 Å². The van der Waals surface area contributed by atoms with Gasteiger partial charge in [-0.15, -0.1) is 0 Å². The number of benzene rings is 1. The van der Waals surface area contributed by atoms with Crippen LogP contribution < -0.4 is 14.8 Å². The maximum Gasteiger partial charge on any atom is 0.234 e. The number of fused-ring (bicyclic) bond motifs is 1. The van der Waals surface area contributed by atoms with Gasteiger partial charge in [-0.05, 0) is 57.4 Å². The van der Waals surface area contributed by atoms with Gasteiger partial charge >= 0.3 is 0 Å². The smallest absolute Gasteiger partial charge is 0.234 e. The highest BCUT2D eigenvalue weighted by Gasteiger charge is 2.28. The highest BCUT2D eigenvalue weighted by Crippen LogP contribution is 2.37. The molecule has 23 heavy (non-hydrogen) atoms. The van der Waals surface area contributed by atoms with E-state index in [0.29, 0.717) is 6.54 Å². The van der Waals surface area contributed by atoms with E-state index in [-0.39, 0.29) is 17.5 Å². The number of hydrogen-bond acceptors (Lipinski definition) is 4. The number of nitrogens with zero attached hydrogens (tertiary/aromatic N) is 1. The molecule has 1 aliphatic rings. The third-order valence-electron chi connectivity index (χ3n) is 4.17. The standard InChI is InChI=1S/C18H28N2O3/c1-12-14-10-16(23-6)15(22-5)9-13(14)7-8-20(12)11-17(21)19-18(2,3)4/h9-10,12H,7-8,11H2,1-6H3,(H,19,21)/t12-/m1/s1. The van der Waals surface area contributed by atoms with Gasteiger partial charge in [-0.2, -0.15) is 0 Å². The molecule has 1 amide bonds. The molecule has 0 spiro atoms. The molecule has 1 aliphatic heterocycles. The van der Waals surface area contributed by atoms with Crippen LogP contribution in [0.1, 0.15) is 44.9 Å². The summed E-state index contributed by atoms with van der Waals surface area (Å²) < 4.78 is 10.8. The molecule has 2 rings (SSSR count). The van der Waals surface area contributed by atoms with Crippen LogP contribution in [0.4, 0.5) is 0 Å². The zero-order valence-electron chi connectivity index (χ0n) is 15.0. The van der Waals surface area contributed by atoms with Crippen LogP contribution in [-0.4, -0.2) is 43.7 Å². The van der Waals surface area contributed by atoms with Crippen LogP contribution in [0.3, 0.4) is 0 Å². The van der Waals surface area contributed by atoms with E-state index in [1.54, 1.807) is 14.2 Å². The lowest BCUT2D eigenvalue weighted by Gasteiger charge is -2.36. The van der Waals surface area contributed by atoms with Gasteiger partial charge in [0, 0.05) is 18.1 Å². The molecule has 0 unspecified atom stereocenters. The number of amides is 1. The molecule has 1 heterocycles. The first kappa shape index (κ1) is 17.6. The minimum absolute atomic E-state index is 0.0632. The minimum atomic E-state index is -0.204. The molecular weight excluding hydrogens is 292 g/mol. The molecule has 1 N–H and O–H groups in total. The van der Waals surface area contributed by atoms with Crippen LogP contribution in [0.15, 0.2) is 12.1 Å². The molecule has 1 aromatic carbocycles. The van der Waals surface area contributed by atoms with Gasteiger partial charge in [0.25, 0.3) is 0 Å². The van der Waals surface area contributed by atoms with Crippen molar-refractivity contribution in [3.8, 4) is 11.5 Å². The summed E-state index contributed by atoms with van der Waals surface area (Å²) in [5, 5.41) is 3.03. The Hall–Kier alpha value is -1.75.